The lowest BCUT2D eigenvalue weighted by molar-refractivity contribution is 0.0682. The van der Waals surface area contributed by atoms with E-state index in [1.54, 1.807) is 0 Å². The van der Waals surface area contributed by atoms with Crippen molar-refractivity contribution in [2.75, 3.05) is 19.6 Å². The van der Waals surface area contributed by atoms with E-state index in [9.17, 15) is 0 Å². The van der Waals surface area contributed by atoms with Gasteiger partial charge in [-0.2, -0.15) is 0 Å². The molecule has 16 heavy (non-hydrogen) atoms. The van der Waals surface area contributed by atoms with Crippen molar-refractivity contribution in [2.45, 2.75) is 31.8 Å². The van der Waals surface area contributed by atoms with Crippen LogP contribution in [0.1, 0.15) is 30.7 Å². The second-order valence-electron chi connectivity index (χ2n) is 5.15. The summed E-state index contributed by atoms with van der Waals surface area (Å²) in [5.74, 6) is 0.924. The SMILES string of the molecule is C[C@@H](NC1CN2CCC1CC2)c1cccs1. The molecule has 2 atom stereocenters. The smallest absolute Gasteiger partial charge is 0.0388 e. The van der Waals surface area contributed by atoms with Gasteiger partial charge in [0, 0.05) is 23.5 Å². The molecule has 1 aromatic heterocycles. The van der Waals surface area contributed by atoms with Crippen LogP contribution in [0.4, 0.5) is 0 Å². The Morgan fingerprint density at radius 2 is 2.25 bits per heavy atom. The summed E-state index contributed by atoms with van der Waals surface area (Å²) >= 11 is 1.86. The third kappa shape index (κ3) is 2.04. The Bertz CT molecular complexity index is 328. The normalized spacial score (nSPS) is 35.2. The van der Waals surface area contributed by atoms with E-state index in [-0.39, 0.29) is 0 Å². The van der Waals surface area contributed by atoms with Gasteiger partial charge in [0.05, 0.1) is 0 Å². The zero-order valence-corrected chi connectivity index (χ0v) is 10.7. The lowest BCUT2D eigenvalue weighted by atomic mass is 9.83. The molecule has 2 bridgehead atoms. The van der Waals surface area contributed by atoms with E-state index in [1.165, 1.54) is 37.4 Å². The number of piperidine rings is 3. The van der Waals surface area contributed by atoms with Crippen molar-refractivity contribution < 1.29 is 0 Å². The van der Waals surface area contributed by atoms with Gasteiger partial charge in [-0.15, -0.1) is 11.3 Å². The number of hydrogen-bond donors (Lipinski definition) is 1. The third-order valence-corrected chi connectivity index (χ3v) is 5.15. The van der Waals surface area contributed by atoms with Crippen molar-refractivity contribution >= 4 is 11.3 Å². The van der Waals surface area contributed by atoms with Crippen molar-refractivity contribution in [1.82, 2.24) is 10.2 Å². The van der Waals surface area contributed by atoms with E-state index in [2.05, 4.69) is 34.7 Å². The Kier molecular flexibility index (Phi) is 3.01. The first kappa shape index (κ1) is 10.8. The zero-order chi connectivity index (χ0) is 11.0. The molecular formula is C13H20N2S. The summed E-state index contributed by atoms with van der Waals surface area (Å²) in [6, 6.07) is 5.63. The van der Waals surface area contributed by atoms with Gasteiger partial charge in [0.2, 0.25) is 0 Å². The number of hydrogen-bond acceptors (Lipinski definition) is 3. The molecule has 0 radical (unpaired) electrons. The van der Waals surface area contributed by atoms with Crippen LogP contribution in [0.5, 0.6) is 0 Å². The summed E-state index contributed by atoms with van der Waals surface area (Å²) in [6.45, 7) is 6.22. The largest absolute Gasteiger partial charge is 0.305 e. The molecular weight excluding hydrogens is 216 g/mol. The van der Waals surface area contributed by atoms with Crippen molar-refractivity contribution in [3.8, 4) is 0 Å². The van der Waals surface area contributed by atoms with Gasteiger partial charge in [-0.25, -0.2) is 0 Å². The molecule has 1 N–H and O–H groups in total. The number of nitrogens with zero attached hydrogens (tertiary/aromatic N) is 1. The quantitative estimate of drug-likeness (QED) is 0.867. The number of thiophene rings is 1. The van der Waals surface area contributed by atoms with E-state index in [0.717, 1.165) is 12.0 Å². The molecule has 88 valence electrons. The molecule has 0 aliphatic carbocycles. The second-order valence-corrected chi connectivity index (χ2v) is 6.13. The van der Waals surface area contributed by atoms with Crippen molar-refractivity contribution in [2.24, 2.45) is 5.92 Å². The van der Waals surface area contributed by atoms with Crippen LogP contribution in [0.2, 0.25) is 0 Å². The zero-order valence-electron chi connectivity index (χ0n) is 9.86. The summed E-state index contributed by atoms with van der Waals surface area (Å²) in [7, 11) is 0. The van der Waals surface area contributed by atoms with Gasteiger partial charge in [-0.05, 0) is 50.2 Å². The molecule has 3 saturated heterocycles. The highest BCUT2D eigenvalue weighted by molar-refractivity contribution is 7.10. The average Bonchev–Trinajstić information content (AvgIpc) is 2.84. The Balaban J connectivity index is 1.62. The molecule has 3 aliphatic rings. The molecule has 3 aliphatic heterocycles. The maximum absolute atomic E-state index is 3.82. The Morgan fingerprint density at radius 3 is 2.81 bits per heavy atom. The first-order valence-corrected chi connectivity index (χ1v) is 7.22. The first-order chi connectivity index (χ1) is 7.83. The van der Waals surface area contributed by atoms with Gasteiger partial charge in [-0.1, -0.05) is 6.07 Å². The van der Waals surface area contributed by atoms with Gasteiger partial charge >= 0.3 is 0 Å². The van der Waals surface area contributed by atoms with E-state index >= 15 is 0 Å². The van der Waals surface area contributed by atoms with Gasteiger partial charge in [0.1, 0.15) is 0 Å². The average molecular weight is 236 g/mol. The van der Waals surface area contributed by atoms with Crippen LogP contribution in [-0.2, 0) is 0 Å². The monoisotopic (exact) mass is 236 g/mol. The maximum atomic E-state index is 3.82. The molecule has 0 spiro atoms. The molecule has 4 rings (SSSR count). The summed E-state index contributed by atoms with van der Waals surface area (Å²) in [4.78, 5) is 4.08. The number of fused-ring (bicyclic) bond motifs is 3. The fourth-order valence-electron chi connectivity index (χ4n) is 3.09. The molecule has 2 nitrogen and oxygen atoms in total. The first-order valence-electron chi connectivity index (χ1n) is 6.35. The predicted molar refractivity (Wildman–Crippen MR) is 68.8 cm³/mol. The van der Waals surface area contributed by atoms with Crippen LogP contribution in [0.15, 0.2) is 17.5 Å². The molecule has 4 heterocycles. The van der Waals surface area contributed by atoms with Crippen molar-refractivity contribution in [3.63, 3.8) is 0 Å². The number of nitrogens with one attached hydrogen (secondary N) is 1. The van der Waals surface area contributed by atoms with Gasteiger partial charge in [-0.3, -0.25) is 0 Å². The van der Waals surface area contributed by atoms with E-state index in [1.807, 2.05) is 11.3 Å². The third-order valence-electron chi connectivity index (χ3n) is 4.09. The van der Waals surface area contributed by atoms with Gasteiger partial charge in [0.15, 0.2) is 0 Å². The van der Waals surface area contributed by atoms with Crippen LogP contribution in [-0.4, -0.2) is 30.6 Å². The molecule has 1 aromatic rings. The minimum Gasteiger partial charge on any atom is -0.305 e. The summed E-state index contributed by atoms with van der Waals surface area (Å²) < 4.78 is 0. The summed E-state index contributed by atoms with van der Waals surface area (Å²) in [5, 5.41) is 5.99. The standard InChI is InChI=1S/C13H20N2S/c1-10(13-3-2-8-16-13)14-12-9-15-6-4-11(12)5-7-15/h2-3,8,10-12,14H,4-7,9H2,1H3/t10-,12?/m1/s1. The van der Waals surface area contributed by atoms with E-state index in [0.29, 0.717) is 6.04 Å². The fraction of sp³-hybridized carbons (Fsp3) is 0.692. The molecule has 0 amide bonds. The molecule has 3 fully saturated rings. The second kappa shape index (κ2) is 4.47. The minimum absolute atomic E-state index is 0.519. The summed E-state index contributed by atoms with van der Waals surface area (Å²) in [6.07, 6.45) is 2.80. The molecule has 0 aromatic carbocycles. The lowest BCUT2D eigenvalue weighted by Crippen LogP contribution is -2.56. The van der Waals surface area contributed by atoms with Crippen LogP contribution in [0.3, 0.4) is 0 Å². The highest BCUT2D eigenvalue weighted by Gasteiger charge is 2.34. The maximum Gasteiger partial charge on any atom is 0.0388 e. The Hall–Kier alpha value is -0.380. The van der Waals surface area contributed by atoms with Crippen LogP contribution in [0.25, 0.3) is 0 Å². The highest BCUT2D eigenvalue weighted by atomic mass is 32.1. The topological polar surface area (TPSA) is 15.3 Å². The van der Waals surface area contributed by atoms with Crippen LogP contribution >= 0.6 is 11.3 Å². The predicted octanol–water partition coefficient (Wildman–Crippen LogP) is 2.49. The Morgan fingerprint density at radius 1 is 1.44 bits per heavy atom. The minimum atomic E-state index is 0.519. The fourth-order valence-corrected chi connectivity index (χ4v) is 3.84. The highest BCUT2D eigenvalue weighted by Crippen LogP contribution is 2.29. The molecule has 1 unspecified atom stereocenters. The van der Waals surface area contributed by atoms with E-state index in [4.69, 9.17) is 0 Å². The van der Waals surface area contributed by atoms with Crippen LogP contribution < -0.4 is 5.32 Å². The Labute approximate surface area is 102 Å². The van der Waals surface area contributed by atoms with Crippen molar-refractivity contribution in [1.29, 1.82) is 0 Å². The van der Waals surface area contributed by atoms with Gasteiger partial charge in [0.25, 0.3) is 0 Å². The number of rotatable bonds is 3. The lowest BCUT2D eigenvalue weighted by Gasteiger charge is -2.46. The summed E-state index contributed by atoms with van der Waals surface area (Å²) in [5.41, 5.74) is 0. The van der Waals surface area contributed by atoms with E-state index < -0.39 is 0 Å². The van der Waals surface area contributed by atoms with Crippen LogP contribution in [0, 0.1) is 5.92 Å². The molecule has 3 heteroatoms. The van der Waals surface area contributed by atoms with Crippen molar-refractivity contribution in [3.05, 3.63) is 22.4 Å². The molecule has 0 saturated carbocycles. The van der Waals surface area contributed by atoms with Gasteiger partial charge < -0.3 is 10.2 Å².